The molecule has 170 valence electrons. The highest BCUT2D eigenvalue weighted by molar-refractivity contribution is 5.94. The van der Waals surface area contributed by atoms with Crippen LogP contribution in [-0.4, -0.2) is 62.6 Å². The van der Waals surface area contributed by atoms with E-state index in [1.807, 2.05) is 48.7 Å². The highest BCUT2D eigenvalue weighted by atomic mass is 16.3. The summed E-state index contributed by atoms with van der Waals surface area (Å²) in [7, 11) is 0. The molecule has 3 aromatic heterocycles. The molecule has 4 heterocycles. The number of piperazine rings is 1. The fraction of sp³-hybridized carbons (Fsp3) is 0.154. The van der Waals surface area contributed by atoms with Crippen LogP contribution in [0.15, 0.2) is 89.9 Å². The van der Waals surface area contributed by atoms with Crippen molar-refractivity contribution in [2.75, 3.05) is 26.2 Å². The normalized spacial score (nSPS) is 14.0. The first-order valence-electron chi connectivity index (χ1n) is 11.0. The third kappa shape index (κ3) is 4.52. The van der Waals surface area contributed by atoms with Crippen molar-refractivity contribution in [1.29, 1.82) is 0 Å². The molecule has 1 aliphatic heterocycles. The van der Waals surface area contributed by atoms with E-state index in [1.165, 1.54) is 6.26 Å². The van der Waals surface area contributed by atoms with Gasteiger partial charge >= 0.3 is 0 Å². The number of hydrogen-bond acceptors (Lipinski definition) is 5. The van der Waals surface area contributed by atoms with Crippen molar-refractivity contribution in [2.24, 2.45) is 0 Å². The van der Waals surface area contributed by atoms with Crippen molar-refractivity contribution < 1.29 is 14.0 Å². The van der Waals surface area contributed by atoms with E-state index in [0.717, 1.165) is 22.5 Å². The number of nitrogens with zero attached hydrogens (tertiary/aromatic N) is 5. The van der Waals surface area contributed by atoms with Gasteiger partial charge < -0.3 is 14.2 Å². The Labute approximate surface area is 196 Å². The summed E-state index contributed by atoms with van der Waals surface area (Å²) in [4.78, 5) is 33.0. The fourth-order valence-corrected chi connectivity index (χ4v) is 3.90. The topological polar surface area (TPSA) is 84.5 Å². The standard InChI is InChI=1S/C26H23N5O3/c32-24(29-13-15-30(16-14-29)26(33)23-9-5-17-34-23)11-10-21-19-31(22-7-2-1-3-8-22)28-25(21)20-6-4-12-27-18-20/h1-12,17-19H,13-16H2/b11-10+. The fourth-order valence-electron chi connectivity index (χ4n) is 3.90. The Bertz CT molecular complexity index is 1290. The summed E-state index contributed by atoms with van der Waals surface area (Å²) in [5.41, 5.74) is 3.36. The number of rotatable bonds is 5. The molecule has 0 radical (unpaired) electrons. The number of benzene rings is 1. The van der Waals surface area contributed by atoms with E-state index in [9.17, 15) is 9.59 Å². The summed E-state index contributed by atoms with van der Waals surface area (Å²) in [6, 6.07) is 17.0. The first-order chi connectivity index (χ1) is 16.7. The van der Waals surface area contributed by atoms with Crippen molar-refractivity contribution in [3.05, 3.63) is 96.9 Å². The number of pyridine rings is 1. The summed E-state index contributed by atoms with van der Waals surface area (Å²) in [6.07, 6.45) is 10.2. The Kier molecular flexibility index (Phi) is 6.03. The summed E-state index contributed by atoms with van der Waals surface area (Å²) in [6.45, 7) is 1.86. The van der Waals surface area contributed by atoms with E-state index in [-0.39, 0.29) is 11.8 Å². The number of carbonyl (C=O) groups excluding carboxylic acids is 2. The second kappa shape index (κ2) is 9.58. The molecule has 8 nitrogen and oxygen atoms in total. The zero-order valence-electron chi connectivity index (χ0n) is 18.4. The predicted molar refractivity (Wildman–Crippen MR) is 127 cm³/mol. The maximum Gasteiger partial charge on any atom is 0.289 e. The van der Waals surface area contributed by atoms with E-state index in [1.54, 1.807) is 51.2 Å². The number of hydrogen-bond donors (Lipinski definition) is 0. The third-order valence-electron chi connectivity index (χ3n) is 5.71. The first kappa shape index (κ1) is 21.4. The zero-order chi connectivity index (χ0) is 23.3. The number of aromatic nitrogens is 3. The van der Waals surface area contributed by atoms with E-state index < -0.39 is 0 Å². The van der Waals surface area contributed by atoms with Crippen molar-refractivity contribution in [2.45, 2.75) is 0 Å². The molecule has 2 amide bonds. The summed E-state index contributed by atoms with van der Waals surface area (Å²) < 4.78 is 6.99. The minimum Gasteiger partial charge on any atom is -0.459 e. The smallest absolute Gasteiger partial charge is 0.289 e. The van der Waals surface area contributed by atoms with Crippen LogP contribution in [0.4, 0.5) is 0 Å². The number of furan rings is 1. The van der Waals surface area contributed by atoms with Gasteiger partial charge in [0.05, 0.1) is 12.0 Å². The monoisotopic (exact) mass is 453 g/mol. The third-order valence-corrected chi connectivity index (χ3v) is 5.71. The number of amides is 2. The number of carbonyl (C=O) groups is 2. The van der Waals surface area contributed by atoms with Crippen LogP contribution in [0.1, 0.15) is 16.1 Å². The van der Waals surface area contributed by atoms with Crippen molar-refractivity contribution in [1.82, 2.24) is 24.6 Å². The largest absolute Gasteiger partial charge is 0.459 e. The van der Waals surface area contributed by atoms with E-state index in [2.05, 4.69) is 4.98 Å². The highest BCUT2D eigenvalue weighted by Gasteiger charge is 2.25. The molecule has 0 unspecified atom stereocenters. The lowest BCUT2D eigenvalue weighted by molar-refractivity contribution is -0.127. The Morgan fingerprint density at radius 2 is 1.71 bits per heavy atom. The second-order valence-corrected chi connectivity index (χ2v) is 7.88. The molecule has 0 bridgehead atoms. The SMILES string of the molecule is O=C(/C=C/c1cn(-c2ccccc2)nc1-c1cccnc1)N1CCN(C(=O)c2ccco2)CC1. The Hall–Kier alpha value is -4.46. The Morgan fingerprint density at radius 3 is 2.41 bits per heavy atom. The summed E-state index contributed by atoms with van der Waals surface area (Å²) >= 11 is 0. The van der Waals surface area contributed by atoms with Gasteiger partial charge in [-0.05, 0) is 42.5 Å². The van der Waals surface area contributed by atoms with Gasteiger partial charge in [-0.2, -0.15) is 5.10 Å². The highest BCUT2D eigenvalue weighted by Crippen LogP contribution is 2.24. The summed E-state index contributed by atoms with van der Waals surface area (Å²) in [5, 5.41) is 4.74. The van der Waals surface area contributed by atoms with Crippen molar-refractivity contribution >= 4 is 17.9 Å². The molecule has 34 heavy (non-hydrogen) atoms. The average Bonchev–Trinajstić information content (AvgIpc) is 3.59. The van der Waals surface area contributed by atoms with Crippen LogP contribution in [-0.2, 0) is 4.79 Å². The Morgan fingerprint density at radius 1 is 0.912 bits per heavy atom. The lowest BCUT2D eigenvalue weighted by atomic mass is 10.1. The van der Waals surface area contributed by atoms with Gasteiger partial charge in [0.25, 0.3) is 5.91 Å². The quantitative estimate of drug-likeness (QED) is 0.432. The second-order valence-electron chi connectivity index (χ2n) is 7.88. The van der Waals surface area contributed by atoms with Crippen LogP contribution in [0.5, 0.6) is 0 Å². The molecule has 1 saturated heterocycles. The minimum absolute atomic E-state index is 0.102. The maximum absolute atomic E-state index is 12.9. The van der Waals surface area contributed by atoms with Gasteiger partial charge in [-0.25, -0.2) is 4.68 Å². The molecule has 5 rings (SSSR count). The molecule has 0 aliphatic carbocycles. The first-order valence-corrected chi connectivity index (χ1v) is 11.0. The van der Waals surface area contributed by atoms with Crippen LogP contribution in [0.25, 0.3) is 23.0 Å². The van der Waals surface area contributed by atoms with Crippen LogP contribution >= 0.6 is 0 Å². The predicted octanol–water partition coefficient (Wildman–Crippen LogP) is 3.53. The van der Waals surface area contributed by atoms with Gasteiger partial charge in [0.15, 0.2) is 5.76 Å². The average molecular weight is 454 g/mol. The van der Waals surface area contributed by atoms with Crippen LogP contribution < -0.4 is 0 Å². The molecule has 0 saturated carbocycles. The summed E-state index contributed by atoms with van der Waals surface area (Å²) in [5.74, 6) is 0.0646. The lowest BCUT2D eigenvalue weighted by Gasteiger charge is -2.33. The van der Waals surface area contributed by atoms with Crippen LogP contribution in [0, 0.1) is 0 Å². The molecule has 1 aliphatic rings. The van der Waals surface area contributed by atoms with Gasteiger partial charge in [-0.3, -0.25) is 14.6 Å². The molecule has 0 spiro atoms. The molecular weight excluding hydrogens is 430 g/mol. The van der Waals surface area contributed by atoms with E-state index in [4.69, 9.17) is 9.52 Å². The van der Waals surface area contributed by atoms with E-state index in [0.29, 0.717) is 31.9 Å². The van der Waals surface area contributed by atoms with Gasteiger partial charge in [-0.15, -0.1) is 0 Å². The van der Waals surface area contributed by atoms with Gasteiger partial charge in [0, 0.05) is 62.0 Å². The van der Waals surface area contributed by atoms with Crippen LogP contribution in [0.3, 0.4) is 0 Å². The maximum atomic E-state index is 12.9. The Balaban J connectivity index is 1.31. The van der Waals surface area contributed by atoms with Crippen LogP contribution in [0.2, 0.25) is 0 Å². The molecule has 0 atom stereocenters. The minimum atomic E-state index is -0.151. The number of para-hydroxylation sites is 1. The van der Waals surface area contributed by atoms with Gasteiger partial charge in [0.1, 0.15) is 5.69 Å². The molecule has 8 heteroatoms. The molecule has 0 N–H and O–H groups in total. The van der Waals surface area contributed by atoms with E-state index >= 15 is 0 Å². The van der Waals surface area contributed by atoms with Gasteiger partial charge in [0.2, 0.25) is 5.91 Å². The molecular formula is C26H23N5O3. The zero-order valence-corrected chi connectivity index (χ0v) is 18.4. The molecule has 1 aromatic carbocycles. The van der Waals surface area contributed by atoms with Crippen molar-refractivity contribution in [3.63, 3.8) is 0 Å². The van der Waals surface area contributed by atoms with Gasteiger partial charge in [-0.1, -0.05) is 18.2 Å². The van der Waals surface area contributed by atoms with Crippen molar-refractivity contribution in [3.8, 4) is 16.9 Å². The molecule has 1 fully saturated rings. The lowest BCUT2D eigenvalue weighted by Crippen LogP contribution is -2.50. The molecule has 4 aromatic rings.